The molecule has 0 aliphatic carbocycles. The molecule has 2 heteroatoms. The summed E-state index contributed by atoms with van der Waals surface area (Å²) >= 11 is 1.95. The Morgan fingerprint density at radius 1 is 1.17 bits per heavy atom. The molecule has 1 aliphatic rings. The first kappa shape index (κ1) is 14.0. The molecule has 0 saturated carbocycles. The van der Waals surface area contributed by atoms with E-state index in [-0.39, 0.29) is 0 Å². The summed E-state index contributed by atoms with van der Waals surface area (Å²) < 4.78 is 0. The predicted octanol–water partition coefficient (Wildman–Crippen LogP) is 4.12. The molecule has 1 N–H and O–H groups in total. The number of aryl methyl sites for hydroxylation is 1. The summed E-state index contributed by atoms with van der Waals surface area (Å²) in [6, 6.07) is 9.18. The summed E-state index contributed by atoms with van der Waals surface area (Å²) in [5, 5.41) is 4.11. The van der Waals surface area contributed by atoms with Gasteiger partial charge in [-0.1, -0.05) is 26.0 Å². The zero-order valence-electron chi connectivity index (χ0n) is 11.6. The van der Waals surface area contributed by atoms with Crippen molar-refractivity contribution >= 4 is 11.8 Å². The maximum Gasteiger partial charge on any atom is 0.00747 e. The molecule has 0 bridgehead atoms. The summed E-state index contributed by atoms with van der Waals surface area (Å²) in [7, 11) is 0. The molecule has 1 aliphatic heterocycles. The second-order valence-corrected chi connectivity index (χ2v) is 7.19. The van der Waals surface area contributed by atoms with Gasteiger partial charge in [0.25, 0.3) is 0 Å². The molecule has 100 valence electrons. The number of hydrogen-bond donors (Lipinski definition) is 1. The summed E-state index contributed by atoms with van der Waals surface area (Å²) in [5.41, 5.74) is 1.50. The van der Waals surface area contributed by atoms with E-state index in [1.165, 1.54) is 49.2 Å². The lowest BCUT2D eigenvalue weighted by atomic mass is 9.91. The standard InChI is InChI=1S/C16H25NS/c1-13(2)18-16-7-5-14(6-8-16)3-4-15-9-11-17-12-10-15/h5-8,13,15,17H,3-4,9-12H2,1-2H3. The molecule has 1 nitrogen and oxygen atoms in total. The van der Waals surface area contributed by atoms with E-state index in [0.29, 0.717) is 5.25 Å². The molecule has 0 amide bonds. The van der Waals surface area contributed by atoms with E-state index in [4.69, 9.17) is 0 Å². The Bertz CT molecular complexity index is 339. The molecule has 0 atom stereocenters. The lowest BCUT2D eigenvalue weighted by Crippen LogP contribution is -2.27. The van der Waals surface area contributed by atoms with Crippen LogP contribution in [-0.4, -0.2) is 18.3 Å². The molecule has 1 saturated heterocycles. The fourth-order valence-electron chi connectivity index (χ4n) is 2.55. The molecule has 2 rings (SSSR count). The summed E-state index contributed by atoms with van der Waals surface area (Å²) in [6.45, 7) is 6.93. The number of rotatable bonds is 5. The van der Waals surface area contributed by atoms with Crippen LogP contribution in [0.1, 0.15) is 38.7 Å². The number of benzene rings is 1. The van der Waals surface area contributed by atoms with E-state index >= 15 is 0 Å². The topological polar surface area (TPSA) is 12.0 Å². The maximum atomic E-state index is 3.44. The minimum Gasteiger partial charge on any atom is -0.317 e. The summed E-state index contributed by atoms with van der Waals surface area (Å²) in [5.74, 6) is 0.941. The lowest BCUT2D eigenvalue weighted by molar-refractivity contribution is 0.354. The third kappa shape index (κ3) is 4.66. The van der Waals surface area contributed by atoms with Crippen molar-refractivity contribution < 1.29 is 0 Å². The van der Waals surface area contributed by atoms with Gasteiger partial charge in [0.15, 0.2) is 0 Å². The van der Waals surface area contributed by atoms with Crippen molar-refractivity contribution in [2.45, 2.75) is 49.7 Å². The van der Waals surface area contributed by atoms with Crippen molar-refractivity contribution in [2.75, 3.05) is 13.1 Å². The van der Waals surface area contributed by atoms with Crippen molar-refractivity contribution in [1.29, 1.82) is 0 Å². The average Bonchev–Trinajstić information content (AvgIpc) is 2.38. The lowest BCUT2D eigenvalue weighted by Gasteiger charge is -2.22. The van der Waals surface area contributed by atoms with Crippen molar-refractivity contribution in [1.82, 2.24) is 5.32 Å². The minimum absolute atomic E-state index is 0.672. The van der Waals surface area contributed by atoms with Gasteiger partial charge < -0.3 is 5.32 Å². The first-order valence-electron chi connectivity index (χ1n) is 7.20. The predicted molar refractivity (Wildman–Crippen MR) is 81.3 cm³/mol. The van der Waals surface area contributed by atoms with E-state index in [0.717, 1.165) is 5.92 Å². The smallest absolute Gasteiger partial charge is 0.00747 e. The van der Waals surface area contributed by atoms with Gasteiger partial charge in [0.05, 0.1) is 0 Å². The van der Waals surface area contributed by atoms with Crippen molar-refractivity contribution in [2.24, 2.45) is 5.92 Å². The maximum absolute atomic E-state index is 3.44. The first-order valence-corrected chi connectivity index (χ1v) is 8.08. The van der Waals surface area contributed by atoms with Crippen molar-refractivity contribution in [3.63, 3.8) is 0 Å². The van der Waals surface area contributed by atoms with Crippen LogP contribution < -0.4 is 5.32 Å². The van der Waals surface area contributed by atoms with Crippen molar-refractivity contribution in [3.05, 3.63) is 29.8 Å². The van der Waals surface area contributed by atoms with Gasteiger partial charge in [-0.05, 0) is 62.4 Å². The third-order valence-corrected chi connectivity index (χ3v) is 4.61. The van der Waals surface area contributed by atoms with Crippen LogP contribution >= 0.6 is 11.8 Å². The third-order valence-electron chi connectivity index (χ3n) is 3.60. The Morgan fingerprint density at radius 2 is 1.83 bits per heavy atom. The number of piperidine rings is 1. The number of nitrogens with one attached hydrogen (secondary N) is 1. The van der Waals surface area contributed by atoms with Gasteiger partial charge in [-0.15, -0.1) is 11.8 Å². The van der Waals surface area contributed by atoms with E-state index < -0.39 is 0 Å². The Morgan fingerprint density at radius 3 is 2.44 bits per heavy atom. The van der Waals surface area contributed by atoms with Gasteiger partial charge in [0.2, 0.25) is 0 Å². The molecule has 1 aromatic carbocycles. The number of hydrogen-bond acceptors (Lipinski definition) is 2. The Kier molecular flexibility index (Phi) is 5.58. The van der Waals surface area contributed by atoms with E-state index in [1.54, 1.807) is 0 Å². The van der Waals surface area contributed by atoms with Gasteiger partial charge in [0, 0.05) is 10.1 Å². The molecular formula is C16H25NS. The Balaban J connectivity index is 1.78. The quantitative estimate of drug-likeness (QED) is 0.802. The van der Waals surface area contributed by atoms with Gasteiger partial charge in [0.1, 0.15) is 0 Å². The molecule has 0 radical (unpaired) electrons. The van der Waals surface area contributed by atoms with Crippen LogP contribution in [0.4, 0.5) is 0 Å². The minimum atomic E-state index is 0.672. The van der Waals surface area contributed by atoms with E-state index in [2.05, 4.69) is 43.4 Å². The molecule has 1 heterocycles. The van der Waals surface area contributed by atoms with Crippen LogP contribution in [0.3, 0.4) is 0 Å². The van der Waals surface area contributed by atoms with Gasteiger partial charge in [-0.2, -0.15) is 0 Å². The van der Waals surface area contributed by atoms with Gasteiger partial charge in [-0.3, -0.25) is 0 Å². The SMILES string of the molecule is CC(C)Sc1ccc(CCC2CCNCC2)cc1. The van der Waals surface area contributed by atoms with Crippen LogP contribution in [-0.2, 0) is 6.42 Å². The molecule has 0 aromatic heterocycles. The second-order valence-electron chi connectivity index (χ2n) is 5.54. The Hall–Kier alpha value is -0.470. The van der Waals surface area contributed by atoms with Crippen molar-refractivity contribution in [3.8, 4) is 0 Å². The molecule has 1 aromatic rings. The van der Waals surface area contributed by atoms with Gasteiger partial charge >= 0.3 is 0 Å². The zero-order valence-corrected chi connectivity index (χ0v) is 12.4. The van der Waals surface area contributed by atoms with E-state index in [9.17, 15) is 0 Å². The highest BCUT2D eigenvalue weighted by atomic mass is 32.2. The van der Waals surface area contributed by atoms with Crippen LogP contribution in [0.15, 0.2) is 29.2 Å². The largest absolute Gasteiger partial charge is 0.317 e. The second kappa shape index (κ2) is 7.20. The first-order chi connectivity index (χ1) is 8.74. The molecule has 0 spiro atoms. The molecule has 1 fully saturated rings. The summed E-state index contributed by atoms with van der Waals surface area (Å²) in [4.78, 5) is 1.40. The fraction of sp³-hybridized carbons (Fsp3) is 0.625. The molecular weight excluding hydrogens is 238 g/mol. The molecule has 18 heavy (non-hydrogen) atoms. The molecule has 0 unspecified atom stereocenters. The van der Waals surface area contributed by atoms with Crippen LogP contribution in [0.2, 0.25) is 0 Å². The van der Waals surface area contributed by atoms with Gasteiger partial charge in [-0.25, -0.2) is 0 Å². The number of thioether (sulfide) groups is 1. The van der Waals surface area contributed by atoms with Crippen LogP contribution in [0.5, 0.6) is 0 Å². The highest BCUT2D eigenvalue weighted by Crippen LogP contribution is 2.24. The normalized spacial score (nSPS) is 17.3. The van der Waals surface area contributed by atoms with E-state index in [1.807, 2.05) is 11.8 Å². The van der Waals surface area contributed by atoms with Crippen LogP contribution in [0.25, 0.3) is 0 Å². The van der Waals surface area contributed by atoms with Crippen LogP contribution in [0, 0.1) is 5.92 Å². The fourth-order valence-corrected chi connectivity index (χ4v) is 3.39. The highest BCUT2D eigenvalue weighted by molar-refractivity contribution is 7.99. The Labute approximate surface area is 116 Å². The monoisotopic (exact) mass is 263 g/mol. The summed E-state index contributed by atoms with van der Waals surface area (Å²) in [6.07, 6.45) is 5.33. The average molecular weight is 263 g/mol. The highest BCUT2D eigenvalue weighted by Gasteiger charge is 2.12. The zero-order chi connectivity index (χ0) is 12.8.